The summed E-state index contributed by atoms with van der Waals surface area (Å²) in [6, 6.07) is 5.44. The molecular formula is C12H19ClN4. The fourth-order valence-electron chi connectivity index (χ4n) is 1.53. The molecule has 3 N–H and O–H groups in total. The number of anilines is 1. The van der Waals surface area contributed by atoms with Gasteiger partial charge in [0.1, 0.15) is 5.84 Å². The van der Waals surface area contributed by atoms with Gasteiger partial charge in [-0.05, 0) is 32.3 Å². The molecule has 0 amide bonds. The molecule has 0 bridgehead atoms. The van der Waals surface area contributed by atoms with E-state index in [1.807, 2.05) is 33.3 Å². The average Bonchev–Trinajstić information content (AvgIpc) is 2.25. The lowest BCUT2D eigenvalue weighted by Gasteiger charge is -2.24. The molecule has 0 aliphatic heterocycles. The van der Waals surface area contributed by atoms with Crippen molar-refractivity contribution in [2.45, 2.75) is 0 Å². The van der Waals surface area contributed by atoms with Crippen molar-refractivity contribution in [3.8, 4) is 0 Å². The van der Waals surface area contributed by atoms with Gasteiger partial charge in [-0.25, -0.2) is 0 Å². The predicted molar refractivity (Wildman–Crippen MR) is 74.3 cm³/mol. The lowest BCUT2D eigenvalue weighted by Crippen LogP contribution is -2.30. The number of hydrogen-bond donors (Lipinski definition) is 2. The fourth-order valence-corrected chi connectivity index (χ4v) is 1.70. The smallest absolute Gasteiger partial charge is 0.124 e. The summed E-state index contributed by atoms with van der Waals surface area (Å²) in [6.07, 6.45) is 0. The van der Waals surface area contributed by atoms with Gasteiger partial charge in [0, 0.05) is 36.4 Å². The van der Waals surface area contributed by atoms with Crippen molar-refractivity contribution in [3.05, 3.63) is 28.8 Å². The molecule has 5 heteroatoms. The van der Waals surface area contributed by atoms with Gasteiger partial charge in [0.2, 0.25) is 0 Å². The van der Waals surface area contributed by atoms with Crippen LogP contribution in [0.3, 0.4) is 0 Å². The number of nitrogen functional groups attached to an aromatic ring is 1. The molecule has 0 aliphatic rings. The summed E-state index contributed by atoms with van der Waals surface area (Å²) >= 11 is 5.91. The first-order valence-corrected chi connectivity index (χ1v) is 5.79. The Kier molecular flexibility index (Phi) is 4.78. The molecule has 0 unspecified atom stereocenters. The molecule has 4 nitrogen and oxygen atoms in total. The third kappa shape index (κ3) is 3.91. The minimum absolute atomic E-state index is 0.0409. The Hall–Kier alpha value is -1.26. The molecule has 17 heavy (non-hydrogen) atoms. The number of halogens is 1. The maximum absolute atomic E-state index is 7.56. The fraction of sp³-hybridized carbons (Fsp3) is 0.417. The van der Waals surface area contributed by atoms with Crippen molar-refractivity contribution in [1.29, 1.82) is 5.41 Å². The lowest BCUT2D eigenvalue weighted by molar-refractivity contribution is 0.416. The van der Waals surface area contributed by atoms with Gasteiger partial charge >= 0.3 is 0 Å². The molecule has 0 aromatic heterocycles. The van der Waals surface area contributed by atoms with Gasteiger partial charge in [-0.2, -0.15) is 0 Å². The van der Waals surface area contributed by atoms with Gasteiger partial charge in [-0.15, -0.1) is 0 Å². The summed E-state index contributed by atoms with van der Waals surface area (Å²) in [5.41, 5.74) is 7.18. The van der Waals surface area contributed by atoms with E-state index in [1.165, 1.54) is 0 Å². The molecule has 0 fully saturated rings. The topological polar surface area (TPSA) is 56.4 Å². The van der Waals surface area contributed by atoms with E-state index in [-0.39, 0.29) is 5.84 Å². The van der Waals surface area contributed by atoms with Crippen molar-refractivity contribution < 1.29 is 0 Å². The molecule has 0 saturated carbocycles. The Morgan fingerprint density at radius 3 is 2.47 bits per heavy atom. The maximum Gasteiger partial charge on any atom is 0.124 e. The second-order valence-electron chi connectivity index (χ2n) is 4.30. The summed E-state index contributed by atoms with van der Waals surface area (Å²) in [5.74, 6) is 0.0409. The van der Waals surface area contributed by atoms with Crippen LogP contribution in [-0.2, 0) is 0 Å². The summed E-state index contributed by atoms with van der Waals surface area (Å²) in [7, 11) is 6.04. The average molecular weight is 255 g/mol. The van der Waals surface area contributed by atoms with E-state index in [1.54, 1.807) is 6.07 Å². The first kappa shape index (κ1) is 13.8. The van der Waals surface area contributed by atoms with Crippen molar-refractivity contribution in [1.82, 2.24) is 4.90 Å². The normalized spacial score (nSPS) is 10.6. The Morgan fingerprint density at radius 2 is 1.94 bits per heavy atom. The summed E-state index contributed by atoms with van der Waals surface area (Å²) < 4.78 is 0. The number of nitrogens with zero attached hydrogens (tertiary/aromatic N) is 2. The minimum atomic E-state index is 0.0409. The zero-order valence-electron chi connectivity index (χ0n) is 10.5. The number of amidine groups is 1. The number of likely N-dealkylation sites (N-methyl/N-ethyl adjacent to an activating group) is 2. The molecule has 0 radical (unpaired) electrons. The van der Waals surface area contributed by atoms with Crippen molar-refractivity contribution >= 4 is 23.1 Å². The van der Waals surface area contributed by atoms with Crippen LogP contribution < -0.4 is 10.6 Å². The van der Waals surface area contributed by atoms with E-state index in [9.17, 15) is 0 Å². The minimum Gasteiger partial charge on any atom is -0.384 e. The van der Waals surface area contributed by atoms with Crippen LogP contribution in [0.25, 0.3) is 0 Å². The van der Waals surface area contributed by atoms with Crippen LogP contribution in [0.5, 0.6) is 0 Å². The largest absolute Gasteiger partial charge is 0.384 e. The lowest BCUT2D eigenvalue weighted by atomic mass is 10.1. The standard InChI is InChI=1S/C12H19ClN4/c1-16(2)6-7-17(3)11-5-4-9(13)8-10(11)12(14)15/h4-5,8H,6-7H2,1-3H3,(H3,14,15). The van der Waals surface area contributed by atoms with Crippen LogP contribution in [0.15, 0.2) is 18.2 Å². The summed E-state index contributed by atoms with van der Waals surface area (Å²) in [4.78, 5) is 4.19. The van der Waals surface area contributed by atoms with Crippen molar-refractivity contribution in [2.75, 3.05) is 39.1 Å². The molecule has 1 rings (SSSR count). The van der Waals surface area contributed by atoms with Gasteiger partial charge in [0.05, 0.1) is 0 Å². The molecular weight excluding hydrogens is 236 g/mol. The van der Waals surface area contributed by atoms with E-state index in [2.05, 4.69) is 9.80 Å². The number of nitrogens with two attached hydrogens (primary N) is 1. The van der Waals surface area contributed by atoms with Crippen LogP contribution in [0.2, 0.25) is 5.02 Å². The van der Waals surface area contributed by atoms with E-state index in [0.717, 1.165) is 18.8 Å². The maximum atomic E-state index is 7.56. The number of nitrogens with one attached hydrogen (secondary N) is 1. The highest BCUT2D eigenvalue weighted by Crippen LogP contribution is 2.23. The van der Waals surface area contributed by atoms with Crippen LogP contribution >= 0.6 is 11.6 Å². The molecule has 0 aliphatic carbocycles. The Morgan fingerprint density at radius 1 is 1.29 bits per heavy atom. The molecule has 94 valence electrons. The van der Waals surface area contributed by atoms with Gasteiger partial charge in [0.15, 0.2) is 0 Å². The van der Waals surface area contributed by atoms with Gasteiger partial charge in [0.25, 0.3) is 0 Å². The SMILES string of the molecule is CN(C)CCN(C)c1ccc(Cl)cc1C(=N)N. The van der Waals surface area contributed by atoms with E-state index in [0.29, 0.717) is 10.6 Å². The second kappa shape index (κ2) is 5.89. The zero-order valence-corrected chi connectivity index (χ0v) is 11.3. The quantitative estimate of drug-likeness (QED) is 0.620. The number of hydrogen-bond acceptors (Lipinski definition) is 3. The molecule has 0 atom stereocenters. The Balaban J connectivity index is 2.92. The highest BCUT2D eigenvalue weighted by molar-refractivity contribution is 6.31. The molecule has 1 aromatic rings. The van der Waals surface area contributed by atoms with Crippen molar-refractivity contribution in [3.63, 3.8) is 0 Å². The number of benzene rings is 1. The van der Waals surface area contributed by atoms with E-state index < -0.39 is 0 Å². The predicted octanol–water partition coefficient (Wildman–Crippen LogP) is 1.62. The van der Waals surface area contributed by atoms with Crippen LogP contribution in [-0.4, -0.2) is 45.0 Å². The highest BCUT2D eigenvalue weighted by atomic mass is 35.5. The van der Waals surface area contributed by atoms with E-state index in [4.69, 9.17) is 22.7 Å². The summed E-state index contributed by atoms with van der Waals surface area (Å²) in [5, 5.41) is 8.16. The molecule has 0 saturated heterocycles. The highest BCUT2D eigenvalue weighted by Gasteiger charge is 2.10. The zero-order chi connectivity index (χ0) is 13.0. The van der Waals surface area contributed by atoms with E-state index >= 15 is 0 Å². The first-order chi connectivity index (χ1) is 7.91. The monoisotopic (exact) mass is 254 g/mol. The summed E-state index contributed by atoms with van der Waals surface area (Å²) in [6.45, 7) is 1.81. The first-order valence-electron chi connectivity index (χ1n) is 5.41. The Bertz CT molecular complexity index is 403. The molecule has 0 spiro atoms. The molecule has 1 aromatic carbocycles. The molecule has 0 heterocycles. The van der Waals surface area contributed by atoms with Gasteiger partial charge in [-0.3, -0.25) is 5.41 Å². The van der Waals surface area contributed by atoms with Crippen LogP contribution in [0, 0.1) is 5.41 Å². The second-order valence-corrected chi connectivity index (χ2v) is 4.74. The Labute approximate surface area is 107 Å². The van der Waals surface area contributed by atoms with Crippen molar-refractivity contribution in [2.24, 2.45) is 5.73 Å². The number of rotatable bonds is 5. The third-order valence-corrected chi connectivity index (χ3v) is 2.78. The van der Waals surface area contributed by atoms with Crippen LogP contribution in [0.1, 0.15) is 5.56 Å². The van der Waals surface area contributed by atoms with Gasteiger partial charge < -0.3 is 15.5 Å². The van der Waals surface area contributed by atoms with Crippen LogP contribution in [0.4, 0.5) is 5.69 Å². The third-order valence-electron chi connectivity index (χ3n) is 2.54. The van der Waals surface area contributed by atoms with Gasteiger partial charge in [-0.1, -0.05) is 11.6 Å².